The van der Waals surface area contributed by atoms with Gasteiger partial charge in [-0.2, -0.15) is 0 Å². The van der Waals surface area contributed by atoms with Crippen LogP contribution in [0.15, 0.2) is 5.38 Å². The molecule has 0 spiro atoms. The molecule has 1 aliphatic heterocycles. The highest BCUT2D eigenvalue weighted by Crippen LogP contribution is 2.13. The van der Waals surface area contributed by atoms with Crippen LogP contribution < -0.4 is 5.32 Å². The highest BCUT2D eigenvalue weighted by Gasteiger charge is 2.14. The largest absolute Gasteiger partial charge is 0.375 e. The molecule has 1 unspecified atom stereocenters. The minimum absolute atomic E-state index is 0.674. The van der Waals surface area contributed by atoms with E-state index in [9.17, 15) is 0 Å². The van der Waals surface area contributed by atoms with Crippen molar-refractivity contribution in [1.82, 2.24) is 10.3 Å². The highest BCUT2D eigenvalue weighted by atomic mass is 32.1. The molecule has 1 saturated heterocycles. The summed E-state index contributed by atoms with van der Waals surface area (Å²) < 4.78 is 5.67. The number of hydrogen-bond acceptors (Lipinski definition) is 4. The zero-order valence-electron chi connectivity index (χ0n) is 9.16. The van der Waals surface area contributed by atoms with Crippen LogP contribution in [-0.2, 0) is 17.8 Å². The Bertz CT molecular complexity index is 295. The van der Waals surface area contributed by atoms with E-state index in [4.69, 9.17) is 4.74 Å². The average Bonchev–Trinajstić information content (AvgIpc) is 2.88. The van der Waals surface area contributed by atoms with E-state index in [1.165, 1.54) is 11.4 Å². The molecule has 1 atom stereocenters. The second kappa shape index (κ2) is 5.58. The number of ether oxygens (including phenoxy) is 1. The Labute approximate surface area is 94.9 Å². The molecule has 0 amide bonds. The molecule has 84 valence electrons. The van der Waals surface area contributed by atoms with Crippen molar-refractivity contribution < 1.29 is 4.74 Å². The van der Waals surface area contributed by atoms with Crippen LogP contribution in [0.2, 0.25) is 0 Å². The minimum atomic E-state index is 0.674. The molecule has 3 nitrogen and oxygen atoms in total. The number of hydrogen-bond donors (Lipinski definition) is 1. The molecule has 1 N–H and O–H groups in total. The summed E-state index contributed by atoms with van der Waals surface area (Å²) in [4.78, 5) is 4.47. The Balaban J connectivity index is 1.68. The summed E-state index contributed by atoms with van der Waals surface area (Å²) in [5.41, 5.74) is 1.09. The van der Waals surface area contributed by atoms with Gasteiger partial charge in [0.25, 0.3) is 0 Å². The predicted octanol–water partition coefficient (Wildman–Crippen LogP) is 1.83. The number of nitrogens with one attached hydrogen (secondary N) is 1. The summed E-state index contributed by atoms with van der Waals surface area (Å²) in [6.45, 7) is 5.93. The van der Waals surface area contributed by atoms with Crippen LogP contribution >= 0.6 is 11.3 Å². The fourth-order valence-electron chi connectivity index (χ4n) is 1.76. The molecule has 0 saturated carbocycles. The summed E-state index contributed by atoms with van der Waals surface area (Å²) in [7, 11) is 0. The molecule has 0 aromatic carbocycles. The molecular weight excluding hydrogens is 208 g/mol. The Hall–Kier alpha value is -0.450. The van der Waals surface area contributed by atoms with E-state index < -0.39 is 0 Å². The first-order chi connectivity index (χ1) is 7.38. The van der Waals surface area contributed by atoms with E-state index in [2.05, 4.69) is 22.6 Å². The smallest absolute Gasteiger partial charge is 0.0926 e. The van der Waals surface area contributed by atoms with Crippen molar-refractivity contribution in [3.63, 3.8) is 0 Å². The van der Waals surface area contributed by atoms with Crippen LogP contribution in [0.1, 0.15) is 24.0 Å². The average molecular weight is 226 g/mol. The lowest BCUT2D eigenvalue weighted by Crippen LogP contribution is -2.13. The predicted molar refractivity (Wildman–Crippen MR) is 62.1 cm³/mol. The van der Waals surface area contributed by atoms with Gasteiger partial charge in [-0.1, -0.05) is 6.92 Å². The van der Waals surface area contributed by atoms with Gasteiger partial charge in [0.2, 0.25) is 0 Å². The summed E-state index contributed by atoms with van der Waals surface area (Å²) in [5, 5.41) is 6.65. The fraction of sp³-hybridized carbons (Fsp3) is 0.727. The number of thiazole rings is 1. The van der Waals surface area contributed by atoms with E-state index in [-0.39, 0.29) is 0 Å². The second-order valence-corrected chi connectivity index (χ2v) is 4.90. The van der Waals surface area contributed by atoms with Gasteiger partial charge in [-0.05, 0) is 25.3 Å². The molecule has 1 aliphatic rings. The lowest BCUT2D eigenvalue weighted by Gasteiger charge is -2.07. The number of nitrogens with zero attached hydrogens (tertiary/aromatic N) is 1. The van der Waals surface area contributed by atoms with E-state index in [0.29, 0.717) is 12.5 Å². The first-order valence-corrected chi connectivity index (χ1v) is 6.48. The molecule has 0 radical (unpaired) electrons. The molecule has 0 aliphatic carbocycles. The topological polar surface area (TPSA) is 34.1 Å². The molecule has 1 aromatic heterocycles. The zero-order valence-corrected chi connectivity index (χ0v) is 9.98. The van der Waals surface area contributed by atoms with Gasteiger partial charge in [-0.15, -0.1) is 11.3 Å². The van der Waals surface area contributed by atoms with E-state index in [0.717, 1.165) is 31.8 Å². The van der Waals surface area contributed by atoms with Crippen molar-refractivity contribution in [3.05, 3.63) is 16.1 Å². The van der Waals surface area contributed by atoms with Crippen LogP contribution in [0.4, 0.5) is 0 Å². The summed E-state index contributed by atoms with van der Waals surface area (Å²) in [6.07, 6.45) is 2.27. The molecule has 1 fully saturated rings. The quantitative estimate of drug-likeness (QED) is 0.831. The normalized spacial score (nSPS) is 21.0. The van der Waals surface area contributed by atoms with Crippen molar-refractivity contribution >= 4 is 11.3 Å². The summed E-state index contributed by atoms with van der Waals surface area (Å²) in [6, 6.07) is 0. The van der Waals surface area contributed by atoms with Gasteiger partial charge < -0.3 is 10.1 Å². The van der Waals surface area contributed by atoms with E-state index in [1.54, 1.807) is 11.3 Å². The molecule has 1 aromatic rings. The van der Waals surface area contributed by atoms with Gasteiger partial charge in [-0.3, -0.25) is 0 Å². The molecule has 4 heteroatoms. The van der Waals surface area contributed by atoms with Crippen molar-refractivity contribution in [3.8, 4) is 0 Å². The lowest BCUT2D eigenvalue weighted by atomic mass is 10.1. The molecule has 2 rings (SSSR count). The van der Waals surface area contributed by atoms with Crippen LogP contribution in [0.25, 0.3) is 0 Å². The Kier molecular flexibility index (Phi) is 4.11. The van der Waals surface area contributed by atoms with Crippen molar-refractivity contribution in [2.45, 2.75) is 26.4 Å². The van der Waals surface area contributed by atoms with Crippen molar-refractivity contribution in [2.75, 3.05) is 19.7 Å². The maximum atomic E-state index is 5.67. The number of rotatable bonds is 5. The summed E-state index contributed by atoms with van der Waals surface area (Å²) in [5.74, 6) is 0.703. The highest BCUT2D eigenvalue weighted by molar-refractivity contribution is 7.09. The number of aromatic nitrogens is 1. The Morgan fingerprint density at radius 1 is 1.67 bits per heavy atom. The van der Waals surface area contributed by atoms with Gasteiger partial charge >= 0.3 is 0 Å². The van der Waals surface area contributed by atoms with E-state index in [1.807, 2.05) is 0 Å². The Morgan fingerprint density at radius 2 is 2.60 bits per heavy atom. The second-order valence-electron chi connectivity index (χ2n) is 3.96. The van der Waals surface area contributed by atoms with Gasteiger partial charge in [0.05, 0.1) is 23.9 Å². The molecule has 15 heavy (non-hydrogen) atoms. The third-order valence-corrected chi connectivity index (χ3v) is 3.71. The lowest BCUT2D eigenvalue weighted by molar-refractivity contribution is 0.0905. The van der Waals surface area contributed by atoms with Crippen LogP contribution in [0, 0.1) is 5.92 Å². The minimum Gasteiger partial charge on any atom is -0.375 e. The molecule has 2 heterocycles. The summed E-state index contributed by atoms with van der Waals surface area (Å²) >= 11 is 1.73. The van der Waals surface area contributed by atoms with Gasteiger partial charge in [0.1, 0.15) is 0 Å². The maximum absolute atomic E-state index is 5.67. The zero-order chi connectivity index (χ0) is 10.5. The maximum Gasteiger partial charge on any atom is 0.0926 e. The van der Waals surface area contributed by atoms with Crippen molar-refractivity contribution in [2.24, 2.45) is 5.92 Å². The first kappa shape index (κ1) is 11.0. The first-order valence-electron chi connectivity index (χ1n) is 5.60. The monoisotopic (exact) mass is 226 g/mol. The fourth-order valence-corrected chi connectivity index (χ4v) is 2.49. The van der Waals surface area contributed by atoms with Crippen LogP contribution in [0.3, 0.4) is 0 Å². The van der Waals surface area contributed by atoms with Gasteiger partial charge in [-0.25, -0.2) is 4.98 Å². The van der Waals surface area contributed by atoms with Crippen LogP contribution in [0.5, 0.6) is 0 Å². The van der Waals surface area contributed by atoms with Crippen molar-refractivity contribution in [1.29, 1.82) is 0 Å². The van der Waals surface area contributed by atoms with Gasteiger partial charge in [0.15, 0.2) is 0 Å². The van der Waals surface area contributed by atoms with E-state index >= 15 is 0 Å². The third-order valence-electron chi connectivity index (χ3n) is 2.67. The standard InChI is InChI=1S/C11H18N2OS/c1-2-11-13-10(8-15-11)7-14-6-9-3-4-12-5-9/h8-9,12H,2-7H2,1H3. The number of aryl methyl sites for hydroxylation is 1. The van der Waals surface area contributed by atoms with Gasteiger partial charge in [0, 0.05) is 11.9 Å². The third kappa shape index (κ3) is 3.26. The Morgan fingerprint density at radius 3 is 3.27 bits per heavy atom. The van der Waals surface area contributed by atoms with Crippen LogP contribution in [-0.4, -0.2) is 24.7 Å². The molecular formula is C11H18N2OS. The SMILES string of the molecule is CCc1nc(COCC2CCNC2)cs1. The molecule has 0 bridgehead atoms.